The Bertz CT molecular complexity index is 1060. The highest BCUT2D eigenvalue weighted by Crippen LogP contribution is 2.37. The molecule has 1 aliphatic carbocycles. The van der Waals surface area contributed by atoms with Gasteiger partial charge in [0.1, 0.15) is 11.6 Å². The highest BCUT2D eigenvalue weighted by Gasteiger charge is 2.26. The minimum Gasteiger partial charge on any atom is -0.497 e. The second-order valence-corrected chi connectivity index (χ2v) is 8.18. The highest BCUT2D eigenvalue weighted by molar-refractivity contribution is 5.67. The summed E-state index contributed by atoms with van der Waals surface area (Å²) in [6.07, 6.45) is 7.85. The van der Waals surface area contributed by atoms with E-state index >= 15 is 0 Å². The molecule has 33 heavy (non-hydrogen) atoms. The molecule has 2 aromatic rings. The van der Waals surface area contributed by atoms with Crippen molar-refractivity contribution in [3.63, 3.8) is 0 Å². The van der Waals surface area contributed by atoms with Gasteiger partial charge in [-0.2, -0.15) is 0 Å². The molecule has 0 spiro atoms. The van der Waals surface area contributed by atoms with Crippen LogP contribution in [-0.2, 0) is 9.47 Å². The molecule has 2 nitrogen and oxygen atoms in total. The summed E-state index contributed by atoms with van der Waals surface area (Å²) in [4.78, 5) is 0. The van der Waals surface area contributed by atoms with Crippen LogP contribution in [0.4, 0.5) is 13.2 Å². The minimum atomic E-state index is -0.830. The molecule has 0 radical (unpaired) electrons. The zero-order chi connectivity index (χ0) is 24.0. The van der Waals surface area contributed by atoms with Gasteiger partial charge in [0.2, 0.25) is 0 Å². The molecule has 0 aromatic heterocycles. The van der Waals surface area contributed by atoms with Crippen LogP contribution in [0, 0.1) is 11.6 Å². The molecule has 0 aliphatic heterocycles. The van der Waals surface area contributed by atoms with E-state index in [1.54, 1.807) is 49.6 Å². The van der Waals surface area contributed by atoms with Gasteiger partial charge in [0, 0.05) is 24.3 Å². The van der Waals surface area contributed by atoms with Crippen molar-refractivity contribution in [2.24, 2.45) is 0 Å². The first-order chi connectivity index (χ1) is 15.8. The van der Waals surface area contributed by atoms with Crippen molar-refractivity contribution >= 4 is 6.08 Å². The van der Waals surface area contributed by atoms with Crippen molar-refractivity contribution in [1.29, 1.82) is 0 Å². The van der Waals surface area contributed by atoms with E-state index in [2.05, 4.69) is 13.2 Å². The molecule has 1 fully saturated rings. The van der Waals surface area contributed by atoms with E-state index in [-0.39, 0.29) is 28.9 Å². The molecule has 0 atom stereocenters. The van der Waals surface area contributed by atoms with Crippen LogP contribution in [0.15, 0.2) is 78.9 Å². The maximum absolute atomic E-state index is 14.9. The standard InChI is InChI=1S/C28H29F3O2/c1-18(26(29)17-19(2)32-3)5-6-20-7-9-21(10-8-20)24-15-16-25(28(31)27(24)30)22-11-13-23(33-4)14-12-22/h5-10,15-17,22-23H,1-2,11-14H2,3-4H3/b6-5+,26-17+. The molecular weight excluding hydrogens is 425 g/mol. The maximum atomic E-state index is 14.9. The van der Waals surface area contributed by atoms with E-state index in [0.29, 0.717) is 11.1 Å². The van der Waals surface area contributed by atoms with Gasteiger partial charge < -0.3 is 9.47 Å². The summed E-state index contributed by atoms with van der Waals surface area (Å²) in [7, 11) is 3.09. The fraction of sp³-hybridized carbons (Fsp3) is 0.286. The van der Waals surface area contributed by atoms with E-state index in [0.717, 1.165) is 37.3 Å². The summed E-state index contributed by atoms with van der Waals surface area (Å²) >= 11 is 0. The Hall–Kier alpha value is -3.05. The van der Waals surface area contributed by atoms with Gasteiger partial charge in [0.25, 0.3) is 0 Å². The summed E-state index contributed by atoms with van der Waals surface area (Å²) in [5.41, 5.74) is 2.16. The van der Waals surface area contributed by atoms with E-state index in [9.17, 15) is 13.2 Å². The second-order valence-electron chi connectivity index (χ2n) is 8.18. The lowest BCUT2D eigenvalue weighted by Gasteiger charge is -2.28. The molecule has 174 valence electrons. The molecule has 0 amide bonds. The van der Waals surface area contributed by atoms with Gasteiger partial charge in [-0.1, -0.05) is 61.7 Å². The Labute approximate surface area is 193 Å². The molecule has 5 heteroatoms. The lowest BCUT2D eigenvalue weighted by molar-refractivity contribution is 0.0655. The summed E-state index contributed by atoms with van der Waals surface area (Å²) in [6.45, 7) is 7.21. The van der Waals surface area contributed by atoms with Crippen molar-refractivity contribution in [2.45, 2.75) is 37.7 Å². The average molecular weight is 455 g/mol. The van der Waals surface area contributed by atoms with Crippen LogP contribution < -0.4 is 0 Å². The van der Waals surface area contributed by atoms with Crippen LogP contribution in [-0.4, -0.2) is 20.3 Å². The molecular formula is C28H29F3O2. The lowest BCUT2D eigenvalue weighted by atomic mass is 9.82. The quantitative estimate of drug-likeness (QED) is 0.298. The third-order valence-electron chi connectivity index (χ3n) is 6.11. The molecule has 1 aliphatic rings. The molecule has 1 saturated carbocycles. The smallest absolute Gasteiger partial charge is 0.166 e. The van der Waals surface area contributed by atoms with Crippen molar-refractivity contribution in [3.05, 3.63) is 102 Å². The second kappa shape index (κ2) is 11.2. The third kappa shape index (κ3) is 6.05. The van der Waals surface area contributed by atoms with Crippen LogP contribution in [0.1, 0.15) is 42.7 Å². The van der Waals surface area contributed by atoms with Crippen molar-refractivity contribution in [1.82, 2.24) is 0 Å². The molecule has 0 N–H and O–H groups in total. The normalized spacial score (nSPS) is 19.0. The summed E-state index contributed by atoms with van der Waals surface area (Å²) < 4.78 is 54.0. The van der Waals surface area contributed by atoms with Gasteiger partial charge in [0.05, 0.1) is 13.2 Å². The zero-order valence-corrected chi connectivity index (χ0v) is 19.0. The fourth-order valence-electron chi connectivity index (χ4n) is 4.06. The van der Waals surface area contributed by atoms with Crippen LogP contribution in [0.5, 0.6) is 0 Å². The summed E-state index contributed by atoms with van der Waals surface area (Å²) in [5.74, 6) is -1.95. The Morgan fingerprint density at radius 3 is 2.21 bits per heavy atom. The monoisotopic (exact) mass is 454 g/mol. The molecule has 0 heterocycles. The van der Waals surface area contributed by atoms with Crippen LogP contribution >= 0.6 is 0 Å². The third-order valence-corrected chi connectivity index (χ3v) is 6.11. The number of ether oxygens (including phenoxy) is 2. The first-order valence-corrected chi connectivity index (χ1v) is 10.9. The van der Waals surface area contributed by atoms with E-state index in [1.807, 2.05) is 0 Å². The Morgan fingerprint density at radius 2 is 1.61 bits per heavy atom. The SMILES string of the molecule is C=C(/C=C(/F)C(=C)/C=C/c1ccc(-c2ccc(C3CCC(OC)CC3)c(F)c2F)cc1)OC. The van der Waals surface area contributed by atoms with Crippen molar-refractivity contribution < 1.29 is 22.6 Å². The van der Waals surface area contributed by atoms with Gasteiger partial charge in [-0.3, -0.25) is 0 Å². The summed E-state index contributed by atoms with van der Waals surface area (Å²) in [6, 6.07) is 10.3. The number of hydrogen-bond acceptors (Lipinski definition) is 2. The van der Waals surface area contributed by atoms with Crippen LogP contribution in [0.2, 0.25) is 0 Å². The Morgan fingerprint density at radius 1 is 0.939 bits per heavy atom. The number of hydrogen-bond donors (Lipinski definition) is 0. The minimum absolute atomic E-state index is 0.0102. The van der Waals surface area contributed by atoms with Crippen molar-refractivity contribution in [3.8, 4) is 11.1 Å². The average Bonchev–Trinajstić information content (AvgIpc) is 2.84. The predicted molar refractivity (Wildman–Crippen MR) is 127 cm³/mol. The van der Waals surface area contributed by atoms with Gasteiger partial charge in [-0.05, 0) is 48.3 Å². The highest BCUT2D eigenvalue weighted by atomic mass is 19.2. The topological polar surface area (TPSA) is 18.5 Å². The molecule has 2 aromatic carbocycles. The van der Waals surface area contributed by atoms with Crippen LogP contribution in [0.3, 0.4) is 0 Å². The van der Waals surface area contributed by atoms with Gasteiger partial charge in [-0.15, -0.1) is 0 Å². The molecule has 0 saturated heterocycles. The largest absolute Gasteiger partial charge is 0.497 e. The Kier molecular flexibility index (Phi) is 8.34. The maximum Gasteiger partial charge on any atom is 0.166 e. The van der Waals surface area contributed by atoms with Gasteiger partial charge in [0.15, 0.2) is 11.6 Å². The first kappa shape index (κ1) is 24.6. The van der Waals surface area contributed by atoms with Gasteiger partial charge in [-0.25, -0.2) is 13.2 Å². The fourth-order valence-corrected chi connectivity index (χ4v) is 4.06. The van der Waals surface area contributed by atoms with E-state index in [4.69, 9.17) is 9.47 Å². The summed E-state index contributed by atoms with van der Waals surface area (Å²) in [5, 5.41) is 0. The lowest BCUT2D eigenvalue weighted by Crippen LogP contribution is -2.20. The number of halogens is 3. The first-order valence-electron chi connectivity index (χ1n) is 10.9. The number of methoxy groups -OCH3 is 2. The van der Waals surface area contributed by atoms with Gasteiger partial charge >= 0.3 is 0 Å². The predicted octanol–water partition coefficient (Wildman–Crippen LogP) is 7.89. The molecule has 0 unspecified atom stereocenters. The Balaban J connectivity index is 1.73. The number of allylic oxidation sites excluding steroid dienone is 4. The van der Waals surface area contributed by atoms with Crippen molar-refractivity contribution in [2.75, 3.05) is 14.2 Å². The van der Waals surface area contributed by atoms with E-state index in [1.165, 1.54) is 13.2 Å². The zero-order valence-electron chi connectivity index (χ0n) is 19.0. The molecule has 0 bridgehead atoms. The van der Waals surface area contributed by atoms with Crippen LogP contribution in [0.25, 0.3) is 17.2 Å². The molecule has 3 rings (SSSR count). The number of benzene rings is 2. The van der Waals surface area contributed by atoms with E-state index < -0.39 is 17.5 Å². The number of rotatable bonds is 8.